The molecule has 1 atom stereocenters. The Bertz CT molecular complexity index is 820. The van der Waals surface area contributed by atoms with Gasteiger partial charge < -0.3 is 19.9 Å². The van der Waals surface area contributed by atoms with Gasteiger partial charge in [0, 0.05) is 5.41 Å². The molecule has 1 unspecified atom stereocenters. The Morgan fingerprint density at radius 2 is 1.86 bits per heavy atom. The van der Waals surface area contributed by atoms with Crippen molar-refractivity contribution in [3.8, 4) is 0 Å². The second-order valence-electron chi connectivity index (χ2n) is 8.00. The van der Waals surface area contributed by atoms with Gasteiger partial charge in [-0.05, 0) is 55.9 Å². The fourth-order valence-corrected chi connectivity index (χ4v) is 4.73. The maximum Gasteiger partial charge on any atom is 0.407 e. The van der Waals surface area contributed by atoms with Crippen molar-refractivity contribution in [3.05, 3.63) is 71.3 Å². The van der Waals surface area contributed by atoms with Gasteiger partial charge in [0.15, 0.2) is 0 Å². The molecule has 2 aromatic rings. The van der Waals surface area contributed by atoms with Crippen molar-refractivity contribution in [2.45, 2.75) is 44.1 Å². The number of ether oxygens (including phenoxy) is 1. The summed E-state index contributed by atoms with van der Waals surface area (Å²) in [5, 5.41) is 13.0. The Balaban J connectivity index is 1.43. The van der Waals surface area contributed by atoms with Gasteiger partial charge in [0.05, 0.1) is 6.04 Å². The highest BCUT2D eigenvalue weighted by molar-refractivity contribution is 6.45. The zero-order valence-electron chi connectivity index (χ0n) is 16.3. The summed E-state index contributed by atoms with van der Waals surface area (Å²) >= 11 is 0. The molecule has 0 bridgehead atoms. The molecule has 2 aliphatic rings. The second-order valence-corrected chi connectivity index (χ2v) is 8.00. The van der Waals surface area contributed by atoms with E-state index >= 15 is 0 Å². The van der Waals surface area contributed by atoms with E-state index in [4.69, 9.17) is 4.74 Å². The highest BCUT2D eigenvalue weighted by Gasteiger charge is 2.46. The average Bonchev–Trinajstić information content (AvgIpc) is 3.01. The summed E-state index contributed by atoms with van der Waals surface area (Å²) in [7, 11) is -0.407. The van der Waals surface area contributed by atoms with Crippen LogP contribution in [0.25, 0.3) is 0 Å². The third-order valence-electron chi connectivity index (χ3n) is 6.29. The maximum atomic E-state index is 12.4. The SMILES string of the molecule is CB(O)N1CCC2(CC1)CC(NC(=O)OCc1ccccc1)c1ccccc12. The summed E-state index contributed by atoms with van der Waals surface area (Å²) in [5.74, 6) is 0. The predicted octanol–water partition coefficient (Wildman–Crippen LogP) is 3.50. The van der Waals surface area contributed by atoms with Gasteiger partial charge in [0.2, 0.25) is 0 Å². The van der Waals surface area contributed by atoms with Crippen molar-refractivity contribution < 1.29 is 14.6 Å². The lowest BCUT2D eigenvalue weighted by Crippen LogP contribution is -2.47. The van der Waals surface area contributed by atoms with Crippen LogP contribution in [0.1, 0.15) is 42.0 Å². The molecule has 1 fully saturated rings. The standard InChI is InChI=1S/C22H27BN2O3/c1-23(27)25-13-11-22(12-14-25)15-20(18-9-5-6-10-19(18)22)24-21(26)28-16-17-7-3-2-4-8-17/h2-10,20,27H,11-16H2,1H3,(H,24,26). The van der Waals surface area contributed by atoms with E-state index < -0.39 is 7.05 Å². The number of carbonyl (C=O) groups is 1. The van der Waals surface area contributed by atoms with Crippen molar-refractivity contribution in [1.29, 1.82) is 0 Å². The highest BCUT2D eigenvalue weighted by atomic mass is 16.5. The van der Waals surface area contributed by atoms with E-state index in [1.807, 2.05) is 43.2 Å². The first-order valence-electron chi connectivity index (χ1n) is 10.1. The van der Waals surface area contributed by atoms with Crippen LogP contribution < -0.4 is 5.32 Å². The first-order chi connectivity index (χ1) is 13.6. The average molecular weight is 378 g/mol. The molecular weight excluding hydrogens is 351 g/mol. The van der Waals surface area contributed by atoms with Gasteiger partial charge in [-0.25, -0.2) is 4.79 Å². The van der Waals surface area contributed by atoms with Crippen LogP contribution in [0.3, 0.4) is 0 Å². The van der Waals surface area contributed by atoms with E-state index in [0.717, 1.165) is 37.9 Å². The van der Waals surface area contributed by atoms with E-state index in [0.29, 0.717) is 0 Å². The molecule has 2 aromatic carbocycles. The topological polar surface area (TPSA) is 61.8 Å². The van der Waals surface area contributed by atoms with Crippen LogP contribution in [0.2, 0.25) is 6.82 Å². The molecule has 2 N–H and O–H groups in total. The van der Waals surface area contributed by atoms with Crippen LogP contribution >= 0.6 is 0 Å². The number of rotatable bonds is 4. The van der Waals surface area contributed by atoms with Crippen LogP contribution in [0.15, 0.2) is 54.6 Å². The molecule has 5 nitrogen and oxygen atoms in total. The Kier molecular flexibility index (Phi) is 5.42. The normalized spacial score (nSPS) is 20.6. The summed E-state index contributed by atoms with van der Waals surface area (Å²) < 4.78 is 5.44. The Labute approximate surface area is 166 Å². The molecule has 0 radical (unpaired) electrons. The zero-order valence-corrected chi connectivity index (χ0v) is 16.3. The first kappa shape index (κ1) is 19.0. The number of hydrogen-bond donors (Lipinski definition) is 2. The lowest BCUT2D eigenvalue weighted by atomic mass is 9.70. The Hall–Kier alpha value is -2.31. The predicted molar refractivity (Wildman–Crippen MR) is 110 cm³/mol. The zero-order chi connectivity index (χ0) is 19.6. The van der Waals surface area contributed by atoms with Gasteiger partial charge in [0.25, 0.3) is 0 Å². The number of amides is 1. The third kappa shape index (κ3) is 3.80. The minimum absolute atomic E-state index is 0.0300. The molecule has 28 heavy (non-hydrogen) atoms. The maximum absolute atomic E-state index is 12.4. The van der Waals surface area contributed by atoms with Gasteiger partial charge in [0.1, 0.15) is 6.61 Å². The van der Waals surface area contributed by atoms with Gasteiger partial charge >= 0.3 is 13.1 Å². The van der Waals surface area contributed by atoms with E-state index in [-0.39, 0.29) is 24.2 Å². The molecule has 4 rings (SSSR count). The van der Waals surface area contributed by atoms with Crippen LogP contribution in [0.5, 0.6) is 0 Å². The van der Waals surface area contributed by atoms with Gasteiger partial charge in [-0.15, -0.1) is 0 Å². The van der Waals surface area contributed by atoms with Crippen LogP contribution in [-0.4, -0.2) is 36.1 Å². The number of benzene rings is 2. The summed E-state index contributed by atoms with van der Waals surface area (Å²) in [6.45, 7) is 3.84. The summed E-state index contributed by atoms with van der Waals surface area (Å²) in [5.41, 5.74) is 3.59. The van der Waals surface area contributed by atoms with Crippen LogP contribution in [-0.2, 0) is 16.8 Å². The number of alkyl carbamates (subject to hydrolysis) is 1. The number of nitrogens with one attached hydrogen (secondary N) is 1. The molecule has 1 spiro atoms. The minimum Gasteiger partial charge on any atom is -0.445 e. The van der Waals surface area contributed by atoms with E-state index in [9.17, 15) is 9.82 Å². The van der Waals surface area contributed by atoms with Crippen LogP contribution in [0, 0.1) is 0 Å². The van der Waals surface area contributed by atoms with E-state index in [1.54, 1.807) is 0 Å². The molecule has 6 heteroatoms. The molecule has 0 aromatic heterocycles. The summed E-state index contributed by atoms with van der Waals surface area (Å²) in [6, 6.07) is 18.1. The van der Waals surface area contributed by atoms with Crippen molar-refractivity contribution in [2.75, 3.05) is 13.1 Å². The number of carbonyl (C=O) groups excluding carboxylic acids is 1. The molecule has 1 heterocycles. The molecule has 1 saturated heterocycles. The smallest absolute Gasteiger partial charge is 0.407 e. The van der Waals surface area contributed by atoms with Gasteiger partial charge in [-0.1, -0.05) is 54.6 Å². The third-order valence-corrected chi connectivity index (χ3v) is 6.29. The van der Waals surface area contributed by atoms with Gasteiger partial charge in [-0.3, -0.25) is 0 Å². The van der Waals surface area contributed by atoms with Crippen molar-refractivity contribution in [3.63, 3.8) is 0 Å². The molecule has 1 aliphatic carbocycles. The monoisotopic (exact) mass is 378 g/mol. The number of nitrogens with zero attached hydrogens (tertiary/aromatic N) is 1. The fourth-order valence-electron chi connectivity index (χ4n) is 4.73. The van der Waals surface area contributed by atoms with Crippen molar-refractivity contribution in [2.24, 2.45) is 0 Å². The molecule has 1 aliphatic heterocycles. The molecule has 146 valence electrons. The fraction of sp³-hybridized carbons (Fsp3) is 0.409. The van der Waals surface area contributed by atoms with Crippen LogP contribution in [0.4, 0.5) is 4.79 Å². The molecule has 1 amide bonds. The summed E-state index contributed by atoms with van der Waals surface area (Å²) in [6.07, 6.45) is 2.50. The minimum atomic E-state index is -0.407. The van der Waals surface area contributed by atoms with Crippen molar-refractivity contribution >= 4 is 13.1 Å². The van der Waals surface area contributed by atoms with Crippen molar-refractivity contribution in [1.82, 2.24) is 10.1 Å². The molecular formula is C22H27BN2O3. The summed E-state index contributed by atoms with van der Waals surface area (Å²) in [4.78, 5) is 14.5. The quantitative estimate of drug-likeness (QED) is 0.800. The number of hydrogen-bond acceptors (Lipinski definition) is 4. The van der Waals surface area contributed by atoms with E-state index in [2.05, 4.69) is 28.3 Å². The lowest BCUT2D eigenvalue weighted by Gasteiger charge is -2.40. The first-order valence-corrected chi connectivity index (χ1v) is 10.1. The largest absolute Gasteiger partial charge is 0.445 e. The highest BCUT2D eigenvalue weighted by Crippen LogP contribution is 2.50. The van der Waals surface area contributed by atoms with Gasteiger partial charge in [-0.2, -0.15) is 0 Å². The number of piperidine rings is 1. The second kappa shape index (κ2) is 7.98. The Morgan fingerprint density at radius 3 is 2.57 bits per heavy atom. The lowest BCUT2D eigenvalue weighted by molar-refractivity contribution is 0.132. The molecule has 0 saturated carbocycles. The van der Waals surface area contributed by atoms with E-state index in [1.165, 1.54) is 11.1 Å². The Morgan fingerprint density at radius 1 is 1.18 bits per heavy atom. The number of fused-ring (bicyclic) bond motifs is 2.